The van der Waals surface area contributed by atoms with Crippen LogP contribution in [0.1, 0.15) is 19.7 Å². The Balaban J connectivity index is 2.07. The molecule has 114 valence electrons. The molecular formula is C16H18N4O2. The van der Waals surface area contributed by atoms with E-state index in [0.29, 0.717) is 22.6 Å². The molecule has 0 saturated carbocycles. The van der Waals surface area contributed by atoms with Crippen LogP contribution in [0.2, 0.25) is 0 Å². The van der Waals surface area contributed by atoms with E-state index in [0.717, 1.165) is 6.54 Å². The first-order chi connectivity index (χ1) is 10.6. The summed E-state index contributed by atoms with van der Waals surface area (Å²) in [6.07, 6.45) is 3.56. The summed E-state index contributed by atoms with van der Waals surface area (Å²) in [4.78, 5) is 31.7. The molecule has 1 N–H and O–H groups in total. The lowest BCUT2D eigenvalue weighted by atomic mass is 10.2. The van der Waals surface area contributed by atoms with E-state index in [1.807, 2.05) is 10.8 Å². The number of H-pyrrole nitrogens is 1. The van der Waals surface area contributed by atoms with E-state index in [1.54, 1.807) is 30.5 Å². The van der Waals surface area contributed by atoms with Gasteiger partial charge >= 0.3 is 5.69 Å². The number of nitrogens with zero attached hydrogens (tertiary/aromatic N) is 3. The van der Waals surface area contributed by atoms with E-state index >= 15 is 0 Å². The average molecular weight is 298 g/mol. The number of imidazole rings is 1. The molecule has 1 aromatic carbocycles. The average Bonchev–Trinajstić information content (AvgIpc) is 2.90. The quantitative estimate of drug-likeness (QED) is 0.795. The van der Waals surface area contributed by atoms with Crippen molar-refractivity contribution < 1.29 is 0 Å². The van der Waals surface area contributed by atoms with Gasteiger partial charge in [0.2, 0.25) is 0 Å². The molecule has 2 aromatic heterocycles. The fraction of sp³-hybridized carbons (Fsp3) is 0.312. The third-order valence-electron chi connectivity index (χ3n) is 3.55. The Bertz CT molecular complexity index is 918. The smallest absolute Gasteiger partial charge is 0.329 e. The number of benzene rings is 1. The molecule has 0 unspecified atom stereocenters. The minimum absolute atomic E-state index is 0.165. The molecule has 22 heavy (non-hydrogen) atoms. The number of rotatable bonds is 4. The van der Waals surface area contributed by atoms with Gasteiger partial charge in [0, 0.05) is 18.9 Å². The van der Waals surface area contributed by atoms with Crippen molar-refractivity contribution >= 4 is 10.9 Å². The zero-order valence-corrected chi connectivity index (χ0v) is 12.6. The summed E-state index contributed by atoms with van der Waals surface area (Å²) in [5.74, 6) is 1.16. The maximum Gasteiger partial charge on any atom is 0.329 e. The van der Waals surface area contributed by atoms with Gasteiger partial charge in [-0.05, 0) is 18.1 Å². The summed E-state index contributed by atoms with van der Waals surface area (Å²) in [7, 11) is 0. The molecule has 0 aliphatic heterocycles. The number of hydrogen-bond acceptors (Lipinski definition) is 3. The van der Waals surface area contributed by atoms with Gasteiger partial charge in [0.1, 0.15) is 5.82 Å². The summed E-state index contributed by atoms with van der Waals surface area (Å²) in [5.41, 5.74) is -0.152. The Morgan fingerprint density at radius 2 is 2.00 bits per heavy atom. The monoisotopic (exact) mass is 298 g/mol. The Morgan fingerprint density at radius 3 is 2.77 bits per heavy atom. The van der Waals surface area contributed by atoms with E-state index in [1.165, 1.54) is 4.57 Å². The van der Waals surface area contributed by atoms with Crippen molar-refractivity contribution in [3.63, 3.8) is 0 Å². The molecule has 6 nitrogen and oxygen atoms in total. The van der Waals surface area contributed by atoms with Crippen molar-refractivity contribution in [2.45, 2.75) is 26.9 Å². The van der Waals surface area contributed by atoms with Gasteiger partial charge in [-0.3, -0.25) is 9.36 Å². The molecule has 0 radical (unpaired) electrons. The highest BCUT2D eigenvalue weighted by Crippen LogP contribution is 2.06. The van der Waals surface area contributed by atoms with E-state index in [-0.39, 0.29) is 12.1 Å². The Hall–Kier alpha value is -2.63. The molecule has 0 fully saturated rings. The summed E-state index contributed by atoms with van der Waals surface area (Å²) in [6.45, 7) is 5.19. The molecule has 0 aliphatic carbocycles. The third kappa shape index (κ3) is 2.59. The van der Waals surface area contributed by atoms with Crippen molar-refractivity contribution in [3.8, 4) is 0 Å². The second kappa shape index (κ2) is 5.63. The molecule has 0 aliphatic rings. The van der Waals surface area contributed by atoms with Gasteiger partial charge in [0.05, 0.1) is 17.4 Å². The van der Waals surface area contributed by atoms with Crippen molar-refractivity contribution in [1.29, 1.82) is 0 Å². The van der Waals surface area contributed by atoms with E-state index in [4.69, 9.17) is 0 Å². The third-order valence-corrected chi connectivity index (χ3v) is 3.55. The Labute approximate surface area is 127 Å². The normalized spacial score (nSPS) is 11.4. The molecule has 0 spiro atoms. The number of para-hydroxylation sites is 1. The first kappa shape index (κ1) is 14.3. The summed E-state index contributed by atoms with van der Waals surface area (Å²) in [5, 5.41) is 0.504. The van der Waals surface area contributed by atoms with Crippen LogP contribution in [0.3, 0.4) is 0 Å². The molecule has 3 aromatic rings. The number of nitrogens with one attached hydrogen (secondary N) is 1. The zero-order valence-electron chi connectivity index (χ0n) is 12.6. The lowest BCUT2D eigenvalue weighted by molar-refractivity contribution is 0.497. The first-order valence-electron chi connectivity index (χ1n) is 7.28. The molecule has 0 saturated heterocycles. The fourth-order valence-corrected chi connectivity index (χ4v) is 2.54. The number of hydrogen-bond donors (Lipinski definition) is 1. The summed E-state index contributed by atoms with van der Waals surface area (Å²) < 4.78 is 3.17. The van der Waals surface area contributed by atoms with Crippen molar-refractivity contribution in [3.05, 3.63) is 63.3 Å². The highest BCUT2D eigenvalue weighted by atomic mass is 16.2. The number of fused-ring (bicyclic) bond motifs is 1. The summed E-state index contributed by atoms with van der Waals surface area (Å²) in [6, 6.07) is 7.01. The highest BCUT2D eigenvalue weighted by molar-refractivity contribution is 5.76. The van der Waals surface area contributed by atoms with E-state index in [9.17, 15) is 9.59 Å². The molecule has 3 rings (SSSR count). The number of aromatic nitrogens is 4. The Kier molecular flexibility index (Phi) is 3.66. The van der Waals surface area contributed by atoms with Crippen LogP contribution in [0.25, 0.3) is 10.9 Å². The topological polar surface area (TPSA) is 72.7 Å². The largest absolute Gasteiger partial charge is 0.333 e. The highest BCUT2D eigenvalue weighted by Gasteiger charge is 2.11. The van der Waals surface area contributed by atoms with Gasteiger partial charge < -0.3 is 9.55 Å². The standard InChI is InChI=1S/C16H18N4O2/c1-11(2)9-19-8-7-17-14(19)10-20-15(21)12-5-3-4-6-13(12)18-16(20)22/h3-8,11H,9-10H2,1-2H3,(H,18,22). The van der Waals surface area contributed by atoms with Gasteiger partial charge in [0.15, 0.2) is 0 Å². The van der Waals surface area contributed by atoms with Crippen molar-refractivity contribution in [2.24, 2.45) is 5.92 Å². The molecule has 2 heterocycles. The van der Waals surface area contributed by atoms with E-state index < -0.39 is 5.69 Å². The maximum absolute atomic E-state index is 12.5. The SMILES string of the molecule is CC(C)Cn1ccnc1Cn1c(=O)[nH]c2ccccc2c1=O. The van der Waals surface area contributed by atoms with Gasteiger partial charge in [-0.15, -0.1) is 0 Å². The zero-order chi connectivity index (χ0) is 15.7. The second-order valence-corrected chi connectivity index (χ2v) is 5.76. The van der Waals surface area contributed by atoms with Crippen LogP contribution in [0.15, 0.2) is 46.2 Å². The van der Waals surface area contributed by atoms with Crippen LogP contribution in [0.4, 0.5) is 0 Å². The molecule has 0 atom stereocenters. The van der Waals surface area contributed by atoms with Crippen molar-refractivity contribution in [1.82, 2.24) is 19.1 Å². The lowest BCUT2D eigenvalue weighted by Gasteiger charge is -2.11. The van der Waals surface area contributed by atoms with Gasteiger partial charge in [-0.25, -0.2) is 9.78 Å². The second-order valence-electron chi connectivity index (χ2n) is 5.76. The molecule has 6 heteroatoms. The number of aromatic amines is 1. The predicted octanol–water partition coefficient (Wildman–Crippen LogP) is 1.59. The van der Waals surface area contributed by atoms with Crippen LogP contribution in [-0.4, -0.2) is 19.1 Å². The van der Waals surface area contributed by atoms with Crippen molar-refractivity contribution in [2.75, 3.05) is 0 Å². The fourth-order valence-electron chi connectivity index (χ4n) is 2.54. The maximum atomic E-state index is 12.5. The minimum Gasteiger partial charge on any atom is -0.333 e. The lowest BCUT2D eigenvalue weighted by Crippen LogP contribution is -2.36. The van der Waals surface area contributed by atoms with Crippen LogP contribution in [0, 0.1) is 5.92 Å². The Morgan fingerprint density at radius 1 is 1.23 bits per heavy atom. The summed E-state index contributed by atoms with van der Waals surface area (Å²) >= 11 is 0. The van der Waals surface area contributed by atoms with Crippen LogP contribution >= 0.6 is 0 Å². The first-order valence-corrected chi connectivity index (χ1v) is 7.28. The molecule has 0 bridgehead atoms. The predicted molar refractivity (Wildman–Crippen MR) is 85.0 cm³/mol. The van der Waals surface area contributed by atoms with Gasteiger partial charge in [0.25, 0.3) is 5.56 Å². The van der Waals surface area contributed by atoms with Crippen LogP contribution < -0.4 is 11.2 Å². The molecular weight excluding hydrogens is 280 g/mol. The molecule has 0 amide bonds. The van der Waals surface area contributed by atoms with E-state index in [2.05, 4.69) is 23.8 Å². The minimum atomic E-state index is -0.414. The van der Waals surface area contributed by atoms with Crippen LogP contribution in [0.5, 0.6) is 0 Å². The van der Waals surface area contributed by atoms with Gasteiger partial charge in [-0.2, -0.15) is 0 Å². The van der Waals surface area contributed by atoms with Gasteiger partial charge in [-0.1, -0.05) is 26.0 Å². The van der Waals surface area contributed by atoms with Crippen LogP contribution in [-0.2, 0) is 13.1 Å².